The minimum Gasteiger partial charge on any atom is -0.463 e. The lowest BCUT2D eigenvalue weighted by molar-refractivity contribution is -0.137. The average Bonchev–Trinajstić information content (AvgIpc) is 2.30. The third-order valence-corrected chi connectivity index (χ3v) is 2.50. The van der Waals surface area contributed by atoms with Crippen LogP contribution in [0.1, 0.15) is 33.1 Å². The second-order valence-electron chi connectivity index (χ2n) is 3.97. The molecule has 0 aromatic rings. The summed E-state index contributed by atoms with van der Waals surface area (Å²) in [7, 11) is 3.28. The van der Waals surface area contributed by atoms with Crippen molar-refractivity contribution < 1.29 is 19.0 Å². The molecule has 0 radical (unpaired) electrons. The Morgan fingerprint density at radius 2 is 1.88 bits per heavy atom. The molecule has 4 nitrogen and oxygen atoms in total. The number of allylic oxidation sites excluding steroid dienone is 1. The predicted octanol–water partition coefficient (Wildman–Crippen LogP) is 2.53. The maximum atomic E-state index is 11.0. The Bertz CT molecular complexity index is 221. The Morgan fingerprint density at radius 1 is 1.24 bits per heavy atom. The lowest BCUT2D eigenvalue weighted by Gasteiger charge is -2.15. The summed E-state index contributed by atoms with van der Waals surface area (Å²) in [4.78, 5) is 11.0. The van der Waals surface area contributed by atoms with Gasteiger partial charge in [0.15, 0.2) is 6.29 Å². The second kappa shape index (κ2) is 10.3. The molecule has 0 heterocycles. The Hall–Kier alpha value is -0.870. The third-order valence-electron chi connectivity index (χ3n) is 2.50. The fourth-order valence-electron chi connectivity index (χ4n) is 1.46. The van der Waals surface area contributed by atoms with Gasteiger partial charge in [0.2, 0.25) is 0 Å². The molecule has 0 N–H and O–H groups in total. The molecule has 0 aliphatic carbocycles. The lowest BCUT2D eigenvalue weighted by Crippen LogP contribution is -2.13. The summed E-state index contributed by atoms with van der Waals surface area (Å²) in [5.74, 6) is 0.222. The zero-order valence-electron chi connectivity index (χ0n) is 11.3. The van der Waals surface area contributed by atoms with Crippen molar-refractivity contribution in [2.45, 2.75) is 39.4 Å². The molecule has 0 spiro atoms. The van der Waals surface area contributed by atoms with Gasteiger partial charge in [-0.15, -0.1) is 0 Å². The number of esters is 1. The number of carbonyl (C=O) groups is 1. The van der Waals surface area contributed by atoms with Gasteiger partial charge in [0.05, 0.1) is 6.61 Å². The Kier molecular flexibility index (Phi) is 9.77. The zero-order valence-corrected chi connectivity index (χ0v) is 11.3. The molecule has 0 aromatic carbocycles. The first kappa shape index (κ1) is 16.1. The largest absolute Gasteiger partial charge is 0.463 e. The van der Waals surface area contributed by atoms with E-state index in [0.717, 1.165) is 19.3 Å². The minimum atomic E-state index is -0.272. The van der Waals surface area contributed by atoms with Crippen LogP contribution < -0.4 is 0 Å². The van der Waals surface area contributed by atoms with Crippen molar-refractivity contribution in [1.82, 2.24) is 0 Å². The van der Waals surface area contributed by atoms with Crippen LogP contribution in [0.2, 0.25) is 0 Å². The van der Waals surface area contributed by atoms with E-state index in [0.29, 0.717) is 12.5 Å². The molecule has 0 unspecified atom stereocenters. The molecule has 100 valence electrons. The van der Waals surface area contributed by atoms with E-state index in [1.807, 2.05) is 6.08 Å². The summed E-state index contributed by atoms with van der Waals surface area (Å²) in [6.07, 6.45) is 5.94. The molecule has 0 aliphatic heterocycles. The van der Waals surface area contributed by atoms with Crippen LogP contribution in [0, 0.1) is 5.92 Å². The second-order valence-corrected chi connectivity index (χ2v) is 3.97. The van der Waals surface area contributed by atoms with E-state index in [2.05, 4.69) is 6.92 Å². The van der Waals surface area contributed by atoms with Gasteiger partial charge in [-0.2, -0.15) is 0 Å². The fraction of sp³-hybridized carbons (Fsp3) is 0.769. The number of rotatable bonds is 9. The number of ether oxygens (including phenoxy) is 3. The molecule has 0 bridgehead atoms. The highest BCUT2D eigenvalue weighted by Gasteiger charge is 2.08. The van der Waals surface area contributed by atoms with Gasteiger partial charge < -0.3 is 14.2 Å². The summed E-state index contributed by atoms with van der Waals surface area (Å²) < 4.78 is 15.0. The topological polar surface area (TPSA) is 44.8 Å². The molecule has 17 heavy (non-hydrogen) atoms. The summed E-state index contributed by atoms with van der Waals surface area (Å²) >= 11 is 0. The van der Waals surface area contributed by atoms with Crippen LogP contribution in [0.4, 0.5) is 0 Å². The number of hydrogen-bond acceptors (Lipinski definition) is 4. The van der Waals surface area contributed by atoms with E-state index >= 15 is 0 Å². The van der Waals surface area contributed by atoms with Crippen molar-refractivity contribution in [3.63, 3.8) is 0 Å². The van der Waals surface area contributed by atoms with E-state index in [-0.39, 0.29) is 12.3 Å². The van der Waals surface area contributed by atoms with E-state index < -0.39 is 0 Å². The molecule has 0 aromatic heterocycles. The third kappa shape index (κ3) is 8.89. The maximum Gasteiger partial charge on any atom is 0.330 e. The van der Waals surface area contributed by atoms with E-state index in [9.17, 15) is 4.79 Å². The van der Waals surface area contributed by atoms with Crippen molar-refractivity contribution >= 4 is 5.97 Å². The number of methoxy groups -OCH3 is 2. The van der Waals surface area contributed by atoms with Crippen LogP contribution in [-0.4, -0.2) is 33.1 Å². The van der Waals surface area contributed by atoms with Crippen LogP contribution in [0.15, 0.2) is 12.2 Å². The first-order valence-electron chi connectivity index (χ1n) is 6.02. The summed E-state index contributed by atoms with van der Waals surface area (Å²) in [6.45, 7) is 4.35. The molecule has 0 amide bonds. The SMILES string of the molecule is CCOC(=O)/C=C\C[C@H](C)CCC(OC)OC. The first-order valence-corrected chi connectivity index (χ1v) is 6.02. The zero-order chi connectivity index (χ0) is 13.1. The molecule has 0 rings (SSSR count). The van der Waals surface area contributed by atoms with Gasteiger partial charge in [0, 0.05) is 20.3 Å². The fourth-order valence-corrected chi connectivity index (χ4v) is 1.46. The summed E-state index contributed by atoms with van der Waals surface area (Å²) in [6, 6.07) is 0. The lowest BCUT2D eigenvalue weighted by atomic mass is 10.0. The highest BCUT2D eigenvalue weighted by molar-refractivity contribution is 5.81. The van der Waals surface area contributed by atoms with Crippen molar-refractivity contribution in [1.29, 1.82) is 0 Å². The van der Waals surface area contributed by atoms with E-state index in [4.69, 9.17) is 14.2 Å². The van der Waals surface area contributed by atoms with Gasteiger partial charge in [-0.1, -0.05) is 13.0 Å². The quantitative estimate of drug-likeness (QED) is 0.355. The number of hydrogen-bond donors (Lipinski definition) is 0. The molecule has 1 atom stereocenters. The molecular formula is C13H24O4. The van der Waals surface area contributed by atoms with Crippen LogP contribution in [0.25, 0.3) is 0 Å². The smallest absolute Gasteiger partial charge is 0.330 e. The Balaban J connectivity index is 3.71. The van der Waals surface area contributed by atoms with Gasteiger partial charge in [-0.3, -0.25) is 0 Å². The highest BCUT2D eigenvalue weighted by atomic mass is 16.7. The van der Waals surface area contributed by atoms with Crippen molar-refractivity contribution in [3.8, 4) is 0 Å². The van der Waals surface area contributed by atoms with Gasteiger partial charge in [-0.05, 0) is 32.1 Å². The van der Waals surface area contributed by atoms with E-state index in [1.54, 1.807) is 21.1 Å². The standard InChI is InChI=1S/C13H24O4/c1-5-17-12(14)8-6-7-11(2)9-10-13(15-3)16-4/h6,8,11,13H,5,7,9-10H2,1-4H3/b8-6-/t11-/m0/s1. The first-order chi connectivity index (χ1) is 8.13. The molecule has 0 saturated carbocycles. The highest BCUT2D eigenvalue weighted by Crippen LogP contribution is 2.14. The molecule has 0 saturated heterocycles. The normalized spacial score (nSPS) is 13.2. The van der Waals surface area contributed by atoms with Crippen molar-refractivity contribution in [3.05, 3.63) is 12.2 Å². The monoisotopic (exact) mass is 244 g/mol. The minimum absolute atomic E-state index is 0.133. The van der Waals surface area contributed by atoms with Crippen LogP contribution in [0.3, 0.4) is 0 Å². The molecular weight excluding hydrogens is 220 g/mol. The van der Waals surface area contributed by atoms with Crippen molar-refractivity contribution in [2.75, 3.05) is 20.8 Å². The van der Waals surface area contributed by atoms with Crippen molar-refractivity contribution in [2.24, 2.45) is 5.92 Å². The van der Waals surface area contributed by atoms with Crippen LogP contribution in [0.5, 0.6) is 0 Å². The molecule has 0 fully saturated rings. The van der Waals surface area contributed by atoms with Gasteiger partial charge in [-0.25, -0.2) is 4.79 Å². The van der Waals surface area contributed by atoms with E-state index in [1.165, 1.54) is 6.08 Å². The average molecular weight is 244 g/mol. The molecule has 4 heteroatoms. The summed E-state index contributed by atoms with van der Waals surface area (Å²) in [5, 5.41) is 0. The Labute approximate surface area is 104 Å². The van der Waals surface area contributed by atoms with Gasteiger partial charge in [0.1, 0.15) is 0 Å². The molecule has 0 aliphatic rings. The maximum absolute atomic E-state index is 11.0. The van der Waals surface area contributed by atoms with Gasteiger partial charge in [0.25, 0.3) is 0 Å². The van der Waals surface area contributed by atoms with Crippen LogP contribution in [-0.2, 0) is 19.0 Å². The van der Waals surface area contributed by atoms with Gasteiger partial charge >= 0.3 is 5.97 Å². The predicted molar refractivity (Wildman–Crippen MR) is 66.6 cm³/mol. The number of carbonyl (C=O) groups excluding carboxylic acids is 1. The Morgan fingerprint density at radius 3 is 2.41 bits per heavy atom. The summed E-state index contributed by atoms with van der Waals surface area (Å²) in [5.41, 5.74) is 0. The van der Waals surface area contributed by atoms with Crippen LogP contribution >= 0.6 is 0 Å².